The second-order valence-corrected chi connectivity index (χ2v) is 4.80. The summed E-state index contributed by atoms with van der Waals surface area (Å²) in [4.78, 5) is 32.9. The van der Waals surface area contributed by atoms with E-state index in [-0.39, 0.29) is 11.4 Å². The number of carbonyl (C=O) groups is 2. The zero-order chi connectivity index (χ0) is 14.8. The van der Waals surface area contributed by atoms with E-state index in [1.54, 1.807) is 4.90 Å². The Hall–Kier alpha value is -2.76. The molecule has 0 saturated carbocycles. The Labute approximate surface area is 121 Å². The Morgan fingerprint density at radius 1 is 1.05 bits per heavy atom. The number of carboxylic acid groups (broad SMARTS) is 1. The summed E-state index contributed by atoms with van der Waals surface area (Å²) in [5.41, 5.74) is 1.89. The van der Waals surface area contributed by atoms with Crippen LogP contribution >= 0.6 is 0 Å². The lowest BCUT2D eigenvalue weighted by Gasteiger charge is -2.28. The summed E-state index contributed by atoms with van der Waals surface area (Å²) in [5, 5.41) is 9.10. The molecule has 0 bridgehead atoms. The fraction of sp³-hybridized carbons (Fsp3) is 0.200. The zero-order valence-electron chi connectivity index (χ0n) is 11.2. The van der Waals surface area contributed by atoms with Gasteiger partial charge in [-0.1, -0.05) is 24.3 Å². The number of fused-ring (bicyclic) bond motifs is 1. The van der Waals surface area contributed by atoms with Crippen LogP contribution in [-0.4, -0.2) is 38.4 Å². The fourth-order valence-corrected chi connectivity index (χ4v) is 2.47. The van der Waals surface area contributed by atoms with E-state index in [0.29, 0.717) is 13.1 Å². The highest BCUT2D eigenvalue weighted by atomic mass is 16.4. The van der Waals surface area contributed by atoms with Crippen LogP contribution in [0, 0.1) is 0 Å². The van der Waals surface area contributed by atoms with Crippen LogP contribution in [0.5, 0.6) is 0 Å². The molecule has 0 spiro atoms. The van der Waals surface area contributed by atoms with Gasteiger partial charge in [0.05, 0.1) is 0 Å². The molecule has 1 aromatic heterocycles. The largest absolute Gasteiger partial charge is 0.476 e. The highest BCUT2D eigenvalue weighted by molar-refractivity contribution is 6.02. The first-order valence-corrected chi connectivity index (χ1v) is 6.57. The first-order valence-electron chi connectivity index (χ1n) is 6.57. The average Bonchev–Trinajstić information content (AvgIpc) is 2.53. The van der Waals surface area contributed by atoms with Gasteiger partial charge in [-0.2, -0.15) is 0 Å². The summed E-state index contributed by atoms with van der Waals surface area (Å²) in [6, 6.07) is 7.92. The Morgan fingerprint density at radius 2 is 1.71 bits per heavy atom. The topological polar surface area (TPSA) is 83.4 Å². The molecule has 0 fully saturated rings. The summed E-state index contributed by atoms with van der Waals surface area (Å²) in [6.45, 7) is 1.01. The Bertz CT molecular complexity index is 715. The van der Waals surface area contributed by atoms with E-state index in [4.69, 9.17) is 5.11 Å². The average molecular weight is 283 g/mol. The number of carbonyl (C=O) groups excluding carboxylic acids is 1. The first-order chi connectivity index (χ1) is 10.2. The number of aromatic nitrogens is 2. The minimum absolute atomic E-state index is 0.107. The molecule has 6 heteroatoms. The predicted octanol–water partition coefficient (Wildman–Crippen LogP) is 1.37. The molecule has 0 radical (unpaired) electrons. The molecule has 2 aromatic rings. The third-order valence-electron chi connectivity index (χ3n) is 3.52. The van der Waals surface area contributed by atoms with Crippen molar-refractivity contribution in [2.45, 2.75) is 13.0 Å². The molecular weight excluding hydrogens is 270 g/mol. The van der Waals surface area contributed by atoms with E-state index < -0.39 is 11.9 Å². The second kappa shape index (κ2) is 5.32. The van der Waals surface area contributed by atoms with Crippen LogP contribution in [0.4, 0.5) is 0 Å². The molecule has 0 aliphatic carbocycles. The van der Waals surface area contributed by atoms with E-state index >= 15 is 0 Å². The summed E-state index contributed by atoms with van der Waals surface area (Å²) < 4.78 is 0. The molecule has 21 heavy (non-hydrogen) atoms. The SMILES string of the molecule is O=C(O)c1nccnc1C(=O)N1CCc2ccccc2C1. The molecule has 0 atom stereocenters. The Kier molecular flexibility index (Phi) is 3.35. The molecule has 1 amide bonds. The molecule has 3 rings (SSSR count). The maximum Gasteiger partial charge on any atom is 0.356 e. The van der Waals surface area contributed by atoms with Gasteiger partial charge in [-0.25, -0.2) is 14.8 Å². The number of aromatic carboxylic acids is 1. The van der Waals surface area contributed by atoms with Crippen molar-refractivity contribution < 1.29 is 14.7 Å². The van der Waals surface area contributed by atoms with Gasteiger partial charge in [-0.3, -0.25) is 4.79 Å². The van der Waals surface area contributed by atoms with E-state index in [2.05, 4.69) is 9.97 Å². The minimum Gasteiger partial charge on any atom is -0.476 e. The number of hydrogen-bond acceptors (Lipinski definition) is 4. The smallest absolute Gasteiger partial charge is 0.356 e. The summed E-state index contributed by atoms with van der Waals surface area (Å²) in [6.07, 6.45) is 3.36. The molecule has 1 N–H and O–H groups in total. The number of benzene rings is 1. The van der Waals surface area contributed by atoms with Crippen LogP contribution in [0.25, 0.3) is 0 Å². The first kappa shape index (κ1) is 13.2. The van der Waals surface area contributed by atoms with Crippen LogP contribution in [0.2, 0.25) is 0 Å². The van der Waals surface area contributed by atoms with Gasteiger partial charge in [0.25, 0.3) is 5.91 Å². The standard InChI is InChI=1S/C15H13N3O3/c19-14(12-13(15(20)21)17-7-6-16-12)18-8-5-10-3-1-2-4-11(10)9-18/h1-4,6-7H,5,8-9H2,(H,20,21). The van der Waals surface area contributed by atoms with Gasteiger partial charge in [0.1, 0.15) is 0 Å². The molecule has 0 unspecified atom stereocenters. The van der Waals surface area contributed by atoms with Crippen molar-refractivity contribution in [2.75, 3.05) is 6.54 Å². The van der Waals surface area contributed by atoms with Crippen LogP contribution in [0.15, 0.2) is 36.7 Å². The number of nitrogens with zero attached hydrogens (tertiary/aromatic N) is 3. The van der Waals surface area contributed by atoms with E-state index in [9.17, 15) is 9.59 Å². The van der Waals surface area contributed by atoms with Crippen molar-refractivity contribution in [3.8, 4) is 0 Å². The van der Waals surface area contributed by atoms with Crippen LogP contribution in [0.1, 0.15) is 32.1 Å². The number of amides is 1. The van der Waals surface area contributed by atoms with Crippen molar-refractivity contribution in [2.24, 2.45) is 0 Å². The molecule has 1 aliphatic heterocycles. The quantitative estimate of drug-likeness (QED) is 0.900. The van der Waals surface area contributed by atoms with Gasteiger partial charge >= 0.3 is 5.97 Å². The number of rotatable bonds is 2. The molecule has 1 aromatic carbocycles. The monoisotopic (exact) mass is 283 g/mol. The van der Waals surface area contributed by atoms with Gasteiger partial charge in [-0.05, 0) is 17.5 Å². The summed E-state index contributed by atoms with van der Waals surface area (Å²) in [7, 11) is 0. The number of carboxylic acids is 1. The van der Waals surface area contributed by atoms with Crippen molar-refractivity contribution in [3.05, 3.63) is 59.2 Å². The fourth-order valence-electron chi connectivity index (χ4n) is 2.47. The molecular formula is C15H13N3O3. The van der Waals surface area contributed by atoms with Crippen LogP contribution < -0.4 is 0 Å². The minimum atomic E-state index is -1.25. The highest BCUT2D eigenvalue weighted by Crippen LogP contribution is 2.20. The van der Waals surface area contributed by atoms with Crippen LogP contribution in [-0.2, 0) is 13.0 Å². The van der Waals surface area contributed by atoms with Crippen molar-refractivity contribution in [1.29, 1.82) is 0 Å². The normalized spacial score (nSPS) is 13.6. The molecule has 6 nitrogen and oxygen atoms in total. The molecule has 1 aliphatic rings. The Balaban J connectivity index is 1.89. The van der Waals surface area contributed by atoms with Gasteiger partial charge in [0.15, 0.2) is 11.4 Å². The van der Waals surface area contributed by atoms with Gasteiger partial charge in [0, 0.05) is 25.5 Å². The van der Waals surface area contributed by atoms with E-state index in [0.717, 1.165) is 12.0 Å². The van der Waals surface area contributed by atoms with Gasteiger partial charge in [0.2, 0.25) is 0 Å². The van der Waals surface area contributed by atoms with Crippen molar-refractivity contribution in [1.82, 2.24) is 14.9 Å². The van der Waals surface area contributed by atoms with Crippen molar-refractivity contribution in [3.63, 3.8) is 0 Å². The lowest BCUT2D eigenvalue weighted by Crippen LogP contribution is -2.37. The zero-order valence-corrected chi connectivity index (χ0v) is 11.2. The summed E-state index contributed by atoms with van der Waals surface area (Å²) in [5.74, 6) is -1.64. The predicted molar refractivity (Wildman–Crippen MR) is 73.9 cm³/mol. The maximum atomic E-state index is 12.5. The van der Waals surface area contributed by atoms with Gasteiger partial charge in [-0.15, -0.1) is 0 Å². The number of hydrogen-bond donors (Lipinski definition) is 1. The third-order valence-corrected chi connectivity index (χ3v) is 3.52. The van der Waals surface area contributed by atoms with Crippen LogP contribution in [0.3, 0.4) is 0 Å². The van der Waals surface area contributed by atoms with Gasteiger partial charge < -0.3 is 10.0 Å². The van der Waals surface area contributed by atoms with Crippen molar-refractivity contribution >= 4 is 11.9 Å². The lowest BCUT2D eigenvalue weighted by atomic mass is 9.99. The highest BCUT2D eigenvalue weighted by Gasteiger charge is 2.26. The lowest BCUT2D eigenvalue weighted by molar-refractivity contribution is 0.0659. The molecule has 2 heterocycles. The Morgan fingerprint density at radius 3 is 2.43 bits per heavy atom. The summed E-state index contributed by atoms with van der Waals surface area (Å²) >= 11 is 0. The van der Waals surface area contributed by atoms with E-state index in [1.165, 1.54) is 18.0 Å². The van der Waals surface area contributed by atoms with E-state index in [1.807, 2.05) is 24.3 Å². The molecule has 0 saturated heterocycles. The second-order valence-electron chi connectivity index (χ2n) is 4.80. The third kappa shape index (κ3) is 2.47. The maximum absolute atomic E-state index is 12.5. The molecule has 106 valence electrons.